The number of ether oxygens (including phenoxy) is 1. The molecule has 5 rings (SSSR count). The molecule has 5 nitrogen and oxygen atoms in total. The minimum Gasteiger partial charge on any atom is -0.488 e. The highest BCUT2D eigenvalue weighted by Crippen LogP contribution is 2.43. The molecule has 0 aromatic heterocycles. The molecule has 7 heteroatoms. The normalized spacial score (nSPS) is 18.6. The lowest BCUT2D eigenvalue weighted by Gasteiger charge is -2.36. The predicted octanol–water partition coefficient (Wildman–Crippen LogP) is 6.80. The van der Waals surface area contributed by atoms with Gasteiger partial charge in [0.15, 0.2) is 0 Å². The number of aromatic carboxylic acids is 1. The van der Waals surface area contributed by atoms with E-state index < -0.39 is 11.9 Å². The van der Waals surface area contributed by atoms with Crippen molar-refractivity contribution in [2.24, 2.45) is 0 Å². The number of hydrogen-bond acceptors (Lipinski definition) is 3. The maximum Gasteiger partial charge on any atom is 0.337 e. The lowest BCUT2D eigenvalue weighted by molar-refractivity contribution is -0.119. The summed E-state index contributed by atoms with van der Waals surface area (Å²) >= 11 is 12.4. The molecule has 0 fully saturated rings. The summed E-state index contributed by atoms with van der Waals surface area (Å²) in [4.78, 5) is 27.1. The number of carbonyl (C=O) groups is 2. The zero-order valence-electron chi connectivity index (χ0n) is 18.8. The van der Waals surface area contributed by atoms with Gasteiger partial charge in [-0.25, -0.2) is 4.79 Å². The molecule has 1 atom stereocenters. The molecule has 174 valence electrons. The molecule has 0 bridgehead atoms. The number of amides is 1. The van der Waals surface area contributed by atoms with Crippen molar-refractivity contribution < 1.29 is 19.4 Å². The largest absolute Gasteiger partial charge is 0.488 e. The van der Waals surface area contributed by atoms with Crippen molar-refractivity contribution in [2.45, 2.75) is 44.6 Å². The van der Waals surface area contributed by atoms with Gasteiger partial charge in [-0.15, -0.1) is 0 Å². The fourth-order valence-electron chi connectivity index (χ4n) is 4.76. The quantitative estimate of drug-likeness (QED) is 0.433. The lowest BCUT2D eigenvalue weighted by atomic mass is 9.84. The van der Waals surface area contributed by atoms with Gasteiger partial charge in [-0.05, 0) is 92.3 Å². The third kappa shape index (κ3) is 4.04. The van der Waals surface area contributed by atoms with E-state index in [1.165, 1.54) is 12.1 Å². The molecular formula is C27H23Cl2NO4. The Morgan fingerprint density at radius 2 is 1.85 bits per heavy atom. The van der Waals surface area contributed by atoms with E-state index in [0.29, 0.717) is 22.8 Å². The smallest absolute Gasteiger partial charge is 0.337 e. The molecule has 0 spiro atoms. The van der Waals surface area contributed by atoms with E-state index in [-0.39, 0.29) is 22.1 Å². The molecule has 0 radical (unpaired) electrons. The number of carbonyl (C=O) groups excluding carboxylic acids is 1. The van der Waals surface area contributed by atoms with Gasteiger partial charge in [0.1, 0.15) is 11.4 Å². The van der Waals surface area contributed by atoms with Gasteiger partial charge in [0.25, 0.3) is 0 Å². The van der Waals surface area contributed by atoms with Gasteiger partial charge < -0.3 is 9.84 Å². The first-order valence-electron chi connectivity index (χ1n) is 11.1. The Morgan fingerprint density at radius 3 is 2.62 bits per heavy atom. The molecule has 1 unspecified atom stereocenters. The van der Waals surface area contributed by atoms with Crippen LogP contribution in [0.4, 0.5) is 11.4 Å². The van der Waals surface area contributed by atoms with Gasteiger partial charge >= 0.3 is 5.97 Å². The molecular weight excluding hydrogens is 473 g/mol. The van der Waals surface area contributed by atoms with Crippen LogP contribution in [-0.4, -0.2) is 22.6 Å². The van der Waals surface area contributed by atoms with Crippen molar-refractivity contribution in [1.82, 2.24) is 0 Å². The van der Waals surface area contributed by atoms with Crippen molar-refractivity contribution in [3.05, 3.63) is 86.9 Å². The van der Waals surface area contributed by atoms with E-state index in [1.807, 2.05) is 18.2 Å². The molecule has 1 N–H and O–H groups in total. The number of hydrogen-bond donors (Lipinski definition) is 1. The van der Waals surface area contributed by atoms with Gasteiger partial charge in [-0.2, -0.15) is 0 Å². The highest BCUT2D eigenvalue weighted by atomic mass is 35.5. The first-order chi connectivity index (χ1) is 16.1. The van der Waals surface area contributed by atoms with Crippen molar-refractivity contribution in [3.63, 3.8) is 0 Å². The third-order valence-electron chi connectivity index (χ3n) is 6.53. The molecule has 0 aliphatic carbocycles. The molecule has 2 aliphatic heterocycles. The van der Waals surface area contributed by atoms with E-state index in [0.717, 1.165) is 35.3 Å². The number of fused-ring (bicyclic) bond motifs is 2. The molecule has 2 heterocycles. The molecule has 0 saturated heterocycles. The number of carboxylic acid groups (broad SMARTS) is 1. The van der Waals surface area contributed by atoms with Gasteiger partial charge in [-0.3, -0.25) is 9.69 Å². The van der Waals surface area contributed by atoms with Crippen LogP contribution in [0.2, 0.25) is 10.0 Å². The maximum atomic E-state index is 13.9. The monoisotopic (exact) mass is 495 g/mol. The second-order valence-electron chi connectivity index (χ2n) is 9.40. The van der Waals surface area contributed by atoms with Crippen LogP contribution >= 0.6 is 23.2 Å². The highest BCUT2D eigenvalue weighted by molar-refractivity contribution is 6.33. The summed E-state index contributed by atoms with van der Waals surface area (Å²) in [6, 6.07) is 15.9. The summed E-state index contributed by atoms with van der Waals surface area (Å²) in [5.41, 5.74) is 3.77. The molecule has 3 aromatic rings. The summed E-state index contributed by atoms with van der Waals surface area (Å²) in [7, 11) is 0. The molecule has 34 heavy (non-hydrogen) atoms. The summed E-state index contributed by atoms with van der Waals surface area (Å²) < 4.78 is 6.12. The Labute approximate surface area is 207 Å². The van der Waals surface area contributed by atoms with E-state index in [4.69, 9.17) is 27.9 Å². The first kappa shape index (κ1) is 22.8. The standard InChI is InChI=1S/C27H23Cl2NO4/c1-27(2)10-9-16-11-15(3-8-24(16)34-27)20-13-17-12-18(28)4-7-23(17)30(25(20)31)19-5-6-22(29)21(14-19)26(32)33/h3-8,11-12,14,20H,9-10,13H2,1-2H3,(H,32,33). The van der Waals surface area contributed by atoms with Crippen LogP contribution in [0.3, 0.4) is 0 Å². The van der Waals surface area contributed by atoms with E-state index in [1.54, 1.807) is 23.1 Å². The van der Waals surface area contributed by atoms with E-state index >= 15 is 0 Å². The van der Waals surface area contributed by atoms with Crippen molar-refractivity contribution >= 4 is 46.5 Å². The van der Waals surface area contributed by atoms with Crippen LogP contribution in [0.15, 0.2) is 54.6 Å². The minimum absolute atomic E-state index is 0.0573. The predicted molar refractivity (Wildman–Crippen MR) is 133 cm³/mol. The number of carboxylic acids is 1. The van der Waals surface area contributed by atoms with Crippen molar-refractivity contribution in [3.8, 4) is 5.75 Å². The number of halogens is 2. The Bertz CT molecular complexity index is 1330. The van der Waals surface area contributed by atoms with Gasteiger partial charge in [0, 0.05) is 10.7 Å². The first-order valence-corrected chi connectivity index (χ1v) is 11.9. The number of anilines is 2. The topological polar surface area (TPSA) is 66.8 Å². The highest BCUT2D eigenvalue weighted by Gasteiger charge is 2.36. The SMILES string of the molecule is CC1(C)CCc2cc(C3Cc4cc(Cl)ccc4N(c4ccc(Cl)c(C(=O)O)c4)C3=O)ccc2O1. The van der Waals surface area contributed by atoms with Crippen LogP contribution in [0.5, 0.6) is 5.75 Å². The van der Waals surface area contributed by atoms with Gasteiger partial charge in [-0.1, -0.05) is 35.3 Å². The zero-order chi connectivity index (χ0) is 24.2. The summed E-state index contributed by atoms with van der Waals surface area (Å²) in [5.74, 6) is -0.880. The lowest BCUT2D eigenvalue weighted by Crippen LogP contribution is -2.37. The van der Waals surface area contributed by atoms with Gasteiger partial charge in [0.2, 0.25) is 5.91 Å². The molecule has 3 aromatic carbocycles. The summed E-state index contributed by atoms with van der Waals surface area (Å²) in [6.07, 6.45) is 2.27. The second kappa shape index (κ2) is 8.33. The summed E-state index contributed by atoms with van der Waals surface area (Å²) in [6.45, 7) is 4.15. The van der Waals surface area contributed by atoms with Crippen LogP contribution in [0.25, 0.3) is 0 Å². The maximum absolute atomic E-state index is 13.9. The molecule has 0 saturated carbocycles. The molecule has 1 amide bonds. The van der Waals surface area contributed by atoms with Crippen LogP contribution in [0, 0.1) is 0 Å². The number of nitrogens with zero attached hydrogens (tertiary/aromatic N) is 1. The Morgan fingerprint density at radius 1 is 1.06 bits per heavy atom. The van der Waals surface area contributed by atoms with Crippen molar-refractivity contribution in [2.75, 3.05) is 4.90 Å². The minimum atomic E-state index is -1.15. The van der Waals surface area contributed by atoms with Crippen LogP contribution < -0.4 is 9.64 Å². The number of rotatable bonds is 3. The number of aryl methyl sites for hydroxylation is 1. The van der Waals surface area contributed by atoms with E-state index in [2.05, 4.69) is 19.9 Å². The second-order valence-corrected chi connectivity index (χ2v) is 10.2. The van der Waals surface area contributed by atoms with Gasteiger partial charge in [0.05, 0.1) is 22.2 Å². The van der Waals surface area contributed by atoms with E-state index in [9.17, 15) is 14.7 Å². The van der Waals surface area contributed by atoms with Crippen LogP contribution in [0.1, 0.15) is 53.2 Å². The Hall–Kier alpha value is -3.02. The molecule has 2 aliphatic rings. The fourth-order valence-corrected chi connectivity index (χ4v) is 5.15. The third-order valence-corrected chi connectivity index (χ3v) is 7.10. The fraction of sp³-hybridized carbons (Fsp3) is 0.259. The Balaban J connectivity index is 1.60. The Kier molecular flexibility index (Phi) is 5.58. The summed E-state index contributed by atoms with van der Waals surface area (Å²) in [5, 5.41) is 10.2. The van der Waals surface area contributed by atoms with Crippen LogP contribution in [-0.2, 0) is 17.6 Å². The number of benzene rings is 3. The van der Waals surface area contributed by atoms with Crippen molar-refractivity contribution in [1.29, 1.82) is 0 Å². The zero-order valence-corrected chi connectivity index (χ0v) is 20.3. The average molecular weight is 496 g/mol. The average Bonchev–Trinajstić information content (AvgIpc) is 2.78.